The van der Waals surface area contributed by atoms with E-state index in [1.165, 1.54) is 19.2 Å². The topological polar surface area (TPSA) is 67.0 Å². The van der Waals surface area contributed by atoms with Gasteiger partial charge in [0.05, 0.1) is 18.4 Å². The second-order valence-corrected chi connectivity index (χ2v) is 4.45. The van der Waals surface area contributed by atoms with Gasteiger partial charge < -0.3 is 10.1 Å². The Balaban J connectivity index is 2.23. The van der Waals surface area contributed by atoms with Crippen molar-refractivity contribution < 1.29 is 13.9 Å². The van der Waals surface area contributed by atoms with Crippen molar-refractivity contribution in [1.29, 1.82) is 0 Å². The lowest BCUT2D eigenvalue weighted by atomic mass is 10.1. The van der Waals surface area contributed by atoms with Gasteiger partial charge in [0.25, 0.3) is 0 Å². The molecule has 0 saturated carbocycles. The number of aromatic nitrogens is 2. The number of ether oxygens (including phenoxy) is 1. The fourth-order valence-electron chi connectivity index (χ4n) is 1.97. The highest BCUT2D eigenvalue weighted by molar-refractivity contribution is 5.95. The van der Waals surface area contributed by atoms with Gasteiger partial charge in [-0.2, -0.15) is 5.10 Å². The molecule has 0 spiro atoms. The minimum absolute atomic E-state index is 0.173. The number of nitrogens with one attached hydrogen (secondary N) is 2. The Labute approximate surface area is 116 Å². The summed E-state index contributed by atoms with van der Waals surface area (Å²) in [5.74, 6) is -1.06. The van der Waals surface area contributed by atoms with E-state index >= 15 is 0 Å². The maximum Gasteiger partial charge on any atom is 0.340 e. The molecule has 6 heteroatoms. The first-order valence-corrected chi connectivity index (χ1v) is 6.15. The lowest BCUT2D eigenvalue weighted by Crippen LogP contribution is -2.09. The quantitative estimate of drug-likeness (QED) is 0.843. The van der Waals surface area contributed by atoms with Gasteiger partial charge in [-0.05, 0) is 32.0 Å². The first kappa shape index (κ1) is 14.0. The molecule has 1 heterocycles. The molecule has 106 valence electrons. The van der Waals surface area contributed by atoms with E-state index in [1.54, 1.807) is 0 Å². The maximum absolute atomic E-state index is 13.2. The number of rotatable bonds is 4. The lowest BCUT2D eigenvalue weighted by Gasteiger charge is -2.11. The summed E-state index contributed by atoms with van der Waals surface area (Å²) in [6.07, 6.45) is 0. The molecule has 20 heavy (non-hydrogen) atoms. The van der Waals surface area contributed by atoms with Crippen molar-refractivity contribution in [3.05, 3.63) is 46.5 Å². The Morgan fingerprint density at radius 3 is 2.80 bits per heavy atom. The van der Waals surface area contributed by atoms with Crippen LogP contribution in [0.3, 0.4) is 0 Å². The number of carbonyl (C=O) groups is 1. The van der Waals surface area contributed by atoms with Crippen molar-refractivity contribution in [3.8, 4) is 0 Å². The molecule has 0 fully saturated rings. The summed E-state index contributed by atoms with van der Waals surface area (Å²) in [4.78, 5) is 11.6. The predicted octanol–water partition coefficient (Wildman–Crippen LogP) is 2.56. The van der Waals surface area contributed by atoms with Gasteiger partial charge in [0.15, 0.2) is 0 Å². The summed E-state index contributed by atoms with van der Waals surface area (Å²) in [6.45, 7) is 4.30. The summed E-state index contributed by atoms with van der Waals surface area (Å²) in [5, 5.41) is 10.1. The number of halogens is 1. The Bertz CT molecular complexity index is 618. The number of nitrogens with zero attached hydrogens (tertiary/aromatic N) is 1. The van der Waals surface area contributed by atoms with E-state index in [9.17, 15) is 9.18 Å². The smallest absolute Gasteiger partial charge is 0.340 e. The van der Waals surface area contributed by atoms with Crippen LogP contribution in [-0.2, 0) is 11.3 Å². The first-order chi connectivity index (χ1) is 9.52. The number of hydrogen-bond acceptors (Lipinski definition) is 4. The van der Waals surface area contributed by atoms with E-state index in [1.807, 2.05) is 13.8 Å². The Kier molecular flexibility index (Phi) is 4.02. The van der Waals surface area contributed by atoms with Crippen LogP contribution < -0.4 is 5.32 Å². The number of aryl methyl sites for hydroxylation is 2. The van der Waals surface area contributed by atoms with Crippen LogP contribution in [-0.4, -0.2) is 23.3 Å². The van der Waals surface area contributed by atoms with Crippen molar-refractivity contribution in [1.82, 2.24) is 10.2 Å². The summed E-state index contributed by atoms with van der Waals surface area (Å²) in [7, 11) is 1.27. The lowest BCUT2D eigenvalue weighted by molar-refractivity contribution is 0.0601. The number of methoxy groups -OCH3 is 1. The molecule has 0 aliphatic carbocycles. The zero-order valence-corrected chi connectivity index (χ0v) is 11.6. The van der Waals surface area contributed by atoms with Crippen molar-refractivity contribution in [2.24, 2.45) is 0 Å². The van der Waals surface area contributed by atoms with Crippen molar-refractivity contribution >= 4 is 11.7 Å². The molecule has 0 aliphatic rings. The predicted molar refractivity (Wildman–Crippen MR) is 73.1 cm³/mol. The molecule has 0 unspecified atom stereocenters. The molecule has 2 aromatic rings. The fourth-order valence-corrected chi connectivity index (χ4v) is 1.97. The molecule has 2 rings (SSSR count). The van der Waals surface area contributed by atoms with Crippen molar-refractivity contribution in [2.45, 2.75) is 20.4 Å². The van der Waals surface area contributed by atoms with E-state index in [2.05, 4.69) is 20.3 Å². The summed E-state index contributed by atoms with van der Waals surface area (Å²) >= 11 is 0. The van der Waals surface area contributed by atoms with Crippen LogP contribution in [0.2, 0.25) is 0 Å². The zero-order chi connectivity index (χ0) is 14.7. The molecule has 2 N–H and O–H groups in total. The van der Waals surface area contributed by atoms with Gasteiger partial charge in [0.2, 0.25) is 0 Å². The Morgan fingerprint density at radius 2 is 2.20 bits per heavy atom. The number of aromatic amines is 1. The number of esters is 1. The molecular formula is C14H16FN3O2. The third-order valence-corrected chi connectivity index (χ3v) is 3.12. The largest absolute Gasteiger partial charge is 0.465 e. The average molecular weight is 277 g/mol. The zero-order valence-electron chi connectivity index (χ0n) is 11.6. The number of anilines is 1. The normalized spacial score (nSPS) is 10.4. The molecule has 0 amide bonds. The number of H-pyrrole nitrogens is 1. The minimum atomic E-state index is -0.576. The molecule has 0 bridgehead atoms. The van der Waals surface area contributed by atoms with E-state index in [-0.39, 0.29) is 5.56 Å². The SMILES string of the molecule is COC(=O)c1cc(F)ccc1NCc1c(C)n[nH]c1C. The third kappa shape index (κ3) is 2.79. The highest BCUT2D eigenvalue weighted by Crippen LogP contribution is 2.20. The van der Waals surface area contributed by atoms with Crippen LogP contribution in [0.4, 0.5) is 10.1 Å². The van der Waals surface area contributed by atoms with Gasteiger partial charge in [0.1, 0.15) is 5.82 Å². The molecule has 0 aliphatic heterocycles. The van der Waals surface area contributed by atoms with E-state index < -0.39 is 11.8 Å². The Morgan fingerprint density at radius 1 is 1.45 bits per heavy atom. The molecule has 1 aromatic heterocycles. The van der Waals surface area contributed by atoms with E-state index in [0.717, 1.165) is 23.0 Å². The highest BCUT2D eigenvalue weighted by atomic mass is 19.1. The van der Waals surface area contributed by atoms with Crippen LogP contribution in [0.5, 0.6) is 0 Å². The van der Waals surface area contributed by atoms with Gasteiger partial charge in [-0.25, -0.2) is 9.18 Å². The second-order valence-electron chi connectivity index (χ2n) is 4.45. The minimum Gasteiger partial charge on any atom is -0.465 e. The first-order valence-electron chi connectivity index (χ1n) is 6.15. The molecule has 1 aromatic carbocycles. The van der Waals surface area contributed by atoms with Crippen LogP contribution in [0.15, 0.2) is 18.2 Å². The number of carbonyl (C=O) groups excluding carboxylic acids is 1. The van der Waals surface area contributed by atoms with Gasteiger partial charge in [-0.1, -0.05) is 0 Å². The van der Waals surface area contributed by atoms with Crippen LogP contribution in [0.25, 0.3) is 0 Å². The maximum atomic E-state index is 13.2. The molecule has 0 saturated heterocycles. The van der Waals surface area contributed by atoms with Crippen LogP contribution >= 0.6 is 0 Å². The van der Waals surface area contributed by atoms with Crippen molar-refractivity contribution in [2.75, 3.05) is 12.4 Å². The number of hydrogen-bond donors (Lipinski definition) is 2. The highest BCUT2D eigenvalue weighted by Gasteiger charge is 2.14. The Hall–Kier alpha value is -2.37. The molecule has 5 nitrogen and oxygen atoms in total. The number of benzene rings is 1. The van der Waals surface area contributed by atoms with Gasteiger partial charge >= 0.3 is 5.97 Å². The van der Waals surface area contributed by atoms with Gasteiger partial charge in [0, 0.05) is 23.5 Å². The second kappa shape index (κ2) is 5.73. The van der Waals surface area contributed by atoms with Crippen LogP contribution in [0, 0.1) is 19.7 Å². The van der Waals surface area contributed by atoms with Gasteiger partial charge in [-0.15, -0.1) is 0 Å². The standard InChI is InChI=1S/C14H16FN3O2/c1-8-12(9(2)18-17-8)7-16-13-5-4-10(15)6-11(13)14(19)20-3/h4-6,16H,7H2,1-3H3,(H,17,18). The van der Waals surface area contributed by atoms with Crippen LogP contribution in [0.1, 0.15) is 27.3 Å². The third-order valence-electron chi connectivity index (χ3n) is 3.12. The average Bonchev–Trinajstić information content (AvgIpc) is 2.76. The molecule has 0 atom stereocenters. The van der Waals surface area contributed by atoms with E-state index in [0.29, 0.717) is 12.2 Å². The molecule has 0 radical (unpaired) electrons. The summed E-state index contributed by atoms with van der Waals surface area (Å²) in [5.41, 5.74) is 3.56. The fraction of sp³-hybridized carbons (Fsp3) is 0.286. The van der Waals surface area contributed by atoms with Crippen molar-refractivity contribution in [3.63, 3.8) is 0 Å². The van der Waals surface area contributed by atoms with E-state index in [4.69, 9.17) is 0 Å². The summed E-state index contributed by atoms with van der Waals surface area (Å²) in [6, 6.07) is 3.97. The molecular weight excluding hydrogens is 261 g/mol. The van der Waals surface area contributed by atoms with Gasteiger partial charge in [-0.3, -0.25) is 5.10 Å². The summed E-state index contributed by atoms with van der Waals surface area (Å²) < 4.78 is 17.9. The monoisotopic (exact) mass is 277 g/mol.